The second kappa shape index (κ2) is 8.12. The van der Waals surface area contributed by atoms with Gasteiger partial charge in [-0.25, -0.2) is 9.38 Å². The minimum atomic E-state index is -0.589. The fourth-order valence-electron chi connectivity index (χ4n) is 2.33. The standard InChI is InChI=1S/C18H12Cl2FN3O2S/c19-11-6-5-10(7-12(11)20)8-14-17(26)24(15-4-2-1-3-13(15)21)18(23-14)27-9-16(22)25/h1-8H,9H2,(H2,22,25). The molecule has 5 nitrogen and oxygen atoms in total. The Hall–Kier alpha value is -2.35. The van der Waals surface area contributed by atoms with E-state index in [9.17, 15) is 14.0 Å². The summed E-state index contributed by atoms with van der Waals surface area (Å²) in [5.74, 6) is -1.80. The molecule has 0 bridgehead atoms. The van der Waals surface area contributed by atoms with Crippen LogP contribution in [0.3, 0.4) is 0 Å². The number of aliphatic imine (C=N–C) groups is 1. The third-order valence-corrected chi connectivity index (χ3v) is 5.21. The van der Waals surface area contributed by atoms with Crippen molar-refractivity contribution in [2.24, 2.45) is 10.7 Å². The van der Waals surface area contributed by atoms with Crippen molar-refractivity contribution in [3.63, 3.8) is 0 Å². The number of anilines is 1. The highest BCUT2D eigenvalue weighted by molar-refractivity contribution is 8.14. The number of carbonyl (C=O) groups is 2. The van der Waals surface area contributed by atoms with Crippen molar-refractivity contribution in [2.75, 3.05) is 10.7 Å². The number of hydrogen-bond donors (Lipinski definition) is 1. The fourth-order valence-corrected chi connectivity index (χ4v) is 3.39. The lowest BCUT2D eigenvalue weighted by molar-refractivity contribution is -0.115. The van der Waals surface area contributed by atoms with Crippen molar-refractivity contribution in [3.05, 3.63) is 69.6 Å². The van der Waals surface area contributed by atoms with Crippen LogP contribution in [-0.4, -0.2) is 22.7 Å². The normalized spacial score (nSPS) is 15.4. The second-order valence-corrected chi connectivity index (χ2v) is 7.20. The van der Waals surface area contributed by atoms with Gasteiger partial charge < -0.3 is 5.73 Å². The van der Waals surface area contributed by atoms with Gasteiger partial charge in [0.25, 0.3) is 5.91 Å². The summed E-state index contributed by atoms with van der Waals surface area (Å²) in [6.45, 7) is 0. The third-order valence-electron chi connectivity index (χ3n) is 3.51. The molecule has 2 aromatic rings. The molecule has 2 aromatic carbocycles. The fraction of sp³-hybridized carbons (Fsp3) is 0.0556. The number of amides is 2. The van der Waals surface area contributed by atoms with Gasteiger partial charge in [0.15, 0.2) is 5.17 Å². The van der Waals surface area contributed by atoms with E-state index in [-0.39, 0.29) is 22.3 Å². The van der Waals surface area contributed by atoms with E-state index < -0.39 is 17.6 Å². The summed E-state index contributed by atoms with van der Waals surface area (Å²) in [4.78, 5) is 29.3. The summed E-state index contributed by atoms with van der Waals surface area (Å²) in [5, 5.41) is 0.871. The number of thioether (sulfide) groups is 1. The van der Waals surface area contributed by atoms with Gasteiger partial charge in [0.05, 0.1) is 21.5 Å². The van der Waals surface area contributed by atoms with E-state index in [4.69, 9.17) is 28.9 Å². The summed E-state index contributed by atoms with van der Waals surface area (Å²) < 4.78 is 14.2. The molecular formula is C18H12Cl2FN3O2S. The van der Waals surface area contributed by atoms with E-state index in [2.05, 4.69) is 4.99 Å². The van der Waals surface area contributed by atoms with E-state index in [0.29, 0.717) is 15.6 Å². The predicted molar refractivity (Wildman–Crippen MR) is 107 cm³/mol. The van der Waals surface area contributed by atoms with Crippen LogP contribution in [0.15, 0.2) is 53.2 Å². The number of rotatable bonds is 4. The zero-order valence-electron chi connectivity index (χ0n) is 13.7. The van der Waals surface area contributed by atoms with Crippen LogP contribution >= 0.6 is 35.0 Å². The smallest absolute Gasteiger partial charge is 0.283 e. The molecule has 1 aliphatic rings. The van der Waals surface area contributed by atoms with Gasteiger partial charge >= 0.3 is 0 Å². The average Bonchev–Trinajstić information content (AvgIpc) is 2.92. The number of carbonyl (C=O) groups excluding carboxylic acids is 2. The van der Waals surface area contributed by atoms with Gasteiger partial charge in [-0.3, -0.25) is 14.5 Å². The molecule has 1 heterocycles. The van der Waals surface area contributed by atoms with Crippen molar-refractivity contribution < 1.29 is 14.0 Å². The first kappa shape index (κ1) is 19.4. The molecular weight excluding hydrogens is 412 g/mol. The maximum atomic E-state index is 14.2. The molecule has 0 atom stereocenters. The lowest BCUT2D eigenvalue weighted by Crippen LogP contribution is -2.32. The molecule has 138 valence electrons. The lowest BCUT2D eigenvalue weighted by Gasteiger charge is -2.17. The Morgan fingerprint density at radius 3 is 2.63 bits per heavy atom. The zero-order chi connectivity index (χ0) is 19.6. The SMILES string of the molecule is NC(=O)CSC1=NC(=Cc2ccc(Cl)c(Cl)c2)C(=O)N1c1ccccc1F. The topological polar surface area (TPSA) is 75.8 Å². The van der Waals surface area contributed by atoms with Crippen LogP contribution in [0.2, 0.25) is 10.0 Å². The molecule has 2 amide bonds. The number of benzene rings is 2. The summed E-state index contributed by atoms with van der Waals surface area (Å²) in [6.07, 6.45) is 1.51. The quantitative estimate of drug-likeness (QED) is 0.752. The summed E-state index contributed by atoms with van der Waals surface area (Å²) in [6, 6.07) is 10.7. The van der Waals surface area contributed by atoms with Gasteiger partial charge in [-0.2, -0.15) is 0 Å². The number of nitrogens with zero attached hydrogens (tertiary/aromatic N) is 2. The molecule has 3 rings (SSSR count). The number of primary amides is 1. The summed E-state index contributed by atoms with van der Waals surface area (Å²) >= 11 is 12.8. The number of nitrogens with two attached hydrogens (primary N) is 1. The lowest BCUT2D eigenvalue weighted by atomic mass is 10.2. The van der Waals surface area contributed by atoms with Gasteiger partial charge in [0.2, 0.25) is 5.91 Å². The zero-order valence-corrected chi connectivity index (χ0v) is 16.0. The van der Waals surface area contributed by atoms with Crippen LogP contribution in [0, 0.1) is 5.82 Å². The highest BCUT2D eigenvalue weighted by Crippen LogP contribution is 2.31. The molecule has 0 radical (unpaired) electrons. The summed E-state index contributed by atoms with van der Waals surface area (Å²) in [5.41, 5.74) is 5.89. The summed E-state index contributed by atoms with van der Waals surface area (Å²) in [7, 11) is 0. The van der Waals surface area contributed by atoms with Crippen molar-refractivity contribution in [2.45, 2.75) is 0 Å². The Kier molecular flexibility index (Phi) is 5.84. The van der Waals surface area contributed by atoms with Gasteiger partial charge in [-0.15, -0.1) is 0 Å². The van der Waals surface area contributed by atoms with E-state index in [1.165, 1.54) is 24.3 Å². The molecule has 0 aromatic heterocycles. The van der Waals surface area contributed by atoms with Crippen molar-refractivity contribution in [3.8, 4) is 0 Å². The van der Waals surface area contributed by atoms with E-state index in [0.717, 1.165) is 16.7 Å². The predicted octanol–water partition coefficient (Wildman–Crippen LogP) is 4.09. The van der Waals surface area contributed by atoms with E-state index in [1.54, 1.807) is 24.3 Å². The minimum Gasteiger partial charge on any atom is -0.369 e. The first-order valence-electron chi connectivity index (χ1n) is 7.62. The maximum Gasteiger partial charge on any atom is 0.283 e. The van der Waals surface area contributed by atoms with E-state index >= 15 is 0 Å². The Labute approximate surface area is 168 Å². The van der Waals surface area contributed by atoms with Crippen molar-refractivity contribution in [1.29, 1.82) is 0 Å². The van der Waals surface area contributed by atoms with Crippen LogP contribution in [0.25, 0.3) is 6.08 Å². The largest absolute Gasteiger partial charge is 0.369 e. The molecule has 0 aliphatic carbocycles. The molecule has 2 N–H and O–H groups in total. The van der Waals surface area contributed by atoms with Crippen LogP contribution in [0.1, 0.15) is 5.56 Å². The molecule has 9 heteroatoms. The monoisotopic (exact) mass is 423 g/mol. The third kappa shape index (κ3) is 4.32. The molecule has 0 saturated carbocycles. The van der Waals surface area contributed by atoms with Crippen LogP contribution in [0.5, 0.6) is 0 Å². The average molecular weight is 424 g/mol. The molecule has 0 fully saturated rings. The Balaban J connectivity index is 2.02. The van der Waals surface area contributed by atoms with E-state index in [1.807, 2.05) is 0 Å². The van der Waals surface area contributed by atoms with Gasteiger partial charge in [-0.1, -0.05) is 53.2 Å². The molecule has 27 heavy (non-hydrogen) atoms. The van der Waals surface area contributed by atoms with Crippen LogP contribution in [-0.2, 0) is 9.59 Å². The highest BCUT2D eigenvalue weighted by atomic mass is 35.5. The number of amidine groups is 1. The molecule has 0 spiro atoms. The van der Waals surface area contributed by atoms with Gasteiger partial charge in [0, 0.05) is 0 Å². The number of para-hydroxylation sites is 1. The first-order chi connectivity index (χ1) is 12.9. The number of hydrogen-bond acceptors (Lipinski definition) is 4. The Bertz CT molecular complexity index is 994. The first-order valence-corrected chi connectivity index (χ1v) is 9.36. The molecule has 1 aliphatic heterocycles. The Morgan fingerprint density at radius 1 is 1.22 bits per heavy atom. The van der Waals surface area contributed by atoms with Crippen LogP contribution in [0.4, 0.5) is 10.1 Å². The maximum absolute atomic E-state index is 14.2. The van der Waals surface area contributed by atoms with Crippen molar-refractivity contribution in [1.82, 2.24) is 0 Å². The van der Waals surface area contributed by atoms with Gasteiger partial charge in [0.1, 0.15) is 11.5 Å². The van der Waals surface area contributed by atoms with Gasteiger partial charge in [-0.05, 0) is 35.9 Å². The molecule has 0 saturated heterocycles. The Morgan fingerprint density at radius 2 is 1.96 bits per heavy atom. The van der Waals surface area contributed by atoms with Crippen LogP contribution < -0.4 is 10.6 Å². The number of halogens is 3. The molecule has 0 unspecified atom stereocenters. The minimum absolute atomic E-state index is 0.0377. The highest BCUT2D eigenvalue weighted by Gasteiger charge is 2.33. The van der Waals surface area contributed by atoms with Crippen molar-refractivity contribution >= 4 is 63.7 Å². The second-order valence-electron chi connectivity index (χ2n) is 5.44.